The van der Waals surface area contributed by atoms with Crippen molar-refractivity contribution in [3.8, 4) is 0 Å². The number of hydrogen-bond donors (Lipinski definition) is 3. The summed E-state index contributed by atoms with van der Waals surface area (Å²) in [4.78, 5) is 16.9. The topological polar surface area (TPSA) is 134 Å². The first-order valence-electron chi connectivity index (χ1n) is 10.7. The lowest BCUT2D eigenvalue weighted by Crippen LogP contribution is -2.18. The Morgan fingerprint density at radius 1 is 0.694 bits per heavy atom. The molecule has 3 N–H and O–H groups in total. The van der Waals surface area contributed by atoms with Gasteiger partial charge in [0.2, 0.25) is 0 Å². The molecule has 0 atom stereocenters. The second kappa shape index (κ2) is 10.2. The van der Waals surface area contributed by atoms with Crippen molar-refractivity contribution in [2.24, 2.45) is 0 Å². The number of amides is 1. The van der Waals surface area contributed by atoms with Gasteiger partial charge >= 0.3 is 0 Å². The Labute approximate surface area is 209 Å². The predicted octanol–water partition coefficient (Wildman–Crippen LogP) is 4.24. The van der Waals surface area contributed by atoms with E-state index < -0.39 is 26.0 Å². The van der Waals surface area contributed by atoms with Crippen LogP contribution in [-0.2, 0) is 20.0 Å². The van der Waals surface area contributed by atoms with E-state index in [1.807, 2.05) is 6.92 Å². The molecule has 4 aromatic rings. The van der Waals surface area contributed by atoms with Crippen molar-refractivity contribution in [1.82, 2.24) is 4.98 Å². The highest BCUT2D eigenvalue weighted by Gasteiger charge is 2.19. The first kappa shape index (κ1) is 24.9. The summed E-state index contributed by atoms with van der Waals surface area (Å²) in [6, 6.07) is 21.3. The van der Waals surface area contributed by atoms with Crippen LogP contribution < -0.4 is 14.8 Å². The Balaban J connectivity index is 1.50. The summed E-state index contributed by atoms with van der Waals surface area (Å²) < 4.78 is 55.6. The van der Waals surface area contributed by atoms with Gasteiger partial charge in [-0.15, -0.1) is 0 Å². The zero-order valence-electron chi connectivity index (χ0n) is 19.0. The molecule has 0 bridgehead atoms. The lowest BCUT2D eigenvalue weighted by Gasteiger charge is -2.13. The molecule has 0 fully saturated rings. The monoisotopic (exact) mass is 522 g/mol. The number of pyridine rings is 1. The van der Waals surface area contributed by atoms with Crippen LogP contribution in [0.25, 0.3) is 0 Å². The highest BCUT2D eigenvalue weighted by atomic mass is 32.2. The number of hydrogen-bond acceptors (Lipinski definition) is 6. The molecule has 9 nitrogen and oxygen atoms in total. The van der Waals surface area contributed by atoms with Crippen molar-refractivity contribution < 1.29 is 21.6 Å². The molecule has 0 aliphatic rings. The smallest absolute Gasteiger partial charge is 0.261 e. The lowest BCUT2D eigenvalue weighted by molar-refractivity contribution is 0.102. The van der Waals surface area contributed by atoms with Crippen molar-refractivity contribution in [2.75, 3.05) is 14.8 Å². The van der Waals surface area contributed by atoms with Crippen molar-refractivity contribution >= 4 is 43.0 Å². The predicted molar refractivity (Wildman–Crippen MR) is 138 cm³/mol. The summed E-state index contributed by atoms with van der Waals surface area (Å²) in [5.74, 6) is -0.568. The zero-order chi connectivity index (χ0) is 25.8. The average molecular weight is 523 g/mol. The fourth-order valence-corrected chi connectivity index (χ4v) is 5.37. The van der Waals surface area contributed by atoms with E-state index in [1.165, 1.54) is 60.9 Å². The Bertz CT molecular complexity index is 1590. The molecule has 184 valence electrons. The summed E-state index contributed by atoms with van der Waals surface area (Å²) in [5.41, 5.74) is 1.77. The Kier molecular flexibility index (Phi) is 7.04. The van der Waals surface area contributed by atoms with Crippen LogP contribution in [0.2, 0.25) is 0 Å². The van der Waals surface area contributed by atoms with Gasteiger partial charge in [0.25, 0.3) is 26.0 Å². The Morgan fingerprint density at radius 3 is 1.94 bits per heavy atom. The fraction of sp³-hybridized carbons (Fsp3) is 0.0400. The minimum Gasteiger partial charge on any atom is -0.322 e. The molecule has 4 rings (SSSR count). The number of benzene rings is 3. The second-order valence-corrected chi connectivity index (χ2v) is 11.2. The van der Waals surface area contributed by atoms with Gasteiger partial charge in [0.15, 0.2) is 0 Å². The molecule has 1 heterocycles. The van der Waals surface area contributed by atoms with Crippen LogP contribution in [0.5, 0.6) is 0 Å². The summed E-state index contributed by atoms with van der Waals surface area (Å²) in [6.07, 6.45) is 2.91. The van der Waals surface area contributed by atoms with E-state index in [4.69, 9.17) is 0 Å². The lowest BCUT2D eigenvalue weighted by atomic mass is 10.1. The maximum Gasteiger partial charge on any atom is 0.261 e. The summed E-state index contributed by atoms with van der Waals surface area (Å²) >= 11 is 0. The summed E-state index contributed by atoms with van der Waals surface area (Å²) in [7, 11) is -7.76. The number of nitrogens with zero attached hydrogens (tertiary/aromatic N) is 1. The van der Waals surface area contributed by atoms with E-state index in [-0.39, 0.29) is 21.0 Å². The van der Waals surface area contributed by atoms with Crippen molar-refractivity contribution in [2.45, 2.75) is 16.7 Å². The van der Waals surface area contributed by atoms with Crippen LogP contribution in [0.3, 0.4) is 0 Å². The first-order chi connectivity index (χ1) is 17.1. The molecule has 0 radical (unpaired) electrons. The van der Waals surface area contributed by atoms with Crippen LogP contribution in [0, 0.1) is 6.92 Å². The van der Waals surface area contributed by atoms with Crippen molar-refractivity contribution in [3.05, 3.63) is 108 Å². The summed E-state index contributed by atoms with van der Waals surface area (Å²) in [6.45, 7) is 1.85. The van der Waals surface area contributed by atoms with Gasteiger partial charge in [-0.05, 0) is 67.6 Å². The quantitative estimate of drug-likeness (QED) is 0.317. The van der Waals surface area contributed by atoms with E-state index in [0.29, 0.717) is 11.4 Å². The molecule has 0 aliphatic carbocycles. The highest BCUT2D eigenvalue weighted by molar-refractivity contribution is 7.93. The Hall–Kier alpha value is -4.22. The van der Waals surface area contributed by atoms with E-state index in [0.717, 1.165) is 5.56 Å². The molecule has 0 saturated heterocycles. The normalized spacial score (nSPS) is 11.5. The largest absolute Gasteiger partial charge is 0.322 e. The number of sulfonamides is 2. The molecule has 3 aromatic carbocycles. The van der Waals surface area contributed by atoms with Crippen LogP contribution >= 0.6 is 0 Å². The maximum atomic E-state index is 12.9. The minimum atomic E-state index is -3.91. The number of aryl methyl sites for hydroxylation is 1. The standard InChI is InChI=1S/C25H22N4O5S2/c1-18-8-12-21(13-9-18)36(33,34)29-24-7-3-2-6-23(24)25(30)27-19-10-14-22(15-11-19)35(31,32)28-20-5-4-16-26-17-20/h2-17,28-29H,1H3,(H,27,30). The third kappa shape index (κ3) is 5.88. The van der Waals surface area contributed by atoms with Gasteiger partial charge in [0.1, 0.15) is 0 Å². The minimum absolute atomic E-state index is 0.00406. The van der Waals surface area contributed by atoms with E-state index in [9.17, 15) is 21.6 Å². The second-order valence-electron chi connectivity index (χ2n) is 7.79. The van der Waals surface area contributed by atoms with Gasteiger partial charge < -0.3 is 5.32 Å². The number of carbonyl (C=O) groups is 1. The molecule has 0 spiro atoms. The summed E-state index contributed by atoms with van der Waals surface area (Å²) in [5, 5.41) is 2.66. The van der Waals surface area contributed by atoms with Crippen molar-refractivity contribution in [3.63, 3.8) is 0 Å². The highest BCUT2D eigenvalue weighted by Crippen LogP contribution is 2.23. The molecular weight excluding hydrogens is 500 g/mol. The number of para-hydroxylation sites is 1. The van der Waals surface area contributed by atoms with Crippen LogP contribution in [-0.4, -0.2) is 27.7 Å². The first-order valence-corrected chi connectivity index (χ1v) is 13.6. The molecule has 0 unspecified atom stereocenters. The molecule has 1 amide bonds. The van der Waals surface area contributed by atoms with Crippen LogP contribution in [0.15, 0.2) is 107 Å². The van der Waals surface area contributed by atoms with Crippen LogP contribution in [0.4, 0.5) is 17.1 Å². The third-order valence-electron chi connectivity index (χ3n) is 5.08. The van der Waals surface area contributed by atoms with Gasteiger partial charge in [-0.3, -0.25) is 19.2 Å². The van der Waals surface area contributed by atoms with E-state index >= 15 is 0 Å². The molecule has 0 aliphatic heterocycles. The SMILES string of the molecule is Cc1ccc(S(=O)(=O)Nc2ccccc2C(=O)Nc2ccc(S(=O)(=O)Nc3cccnc3)cc2)cc1. The van der Waals surface area contributed by atoms with E-state index in [2.05, 4.69) is 19.7 Å². The Morgan fingerprint density at radius 2 is 1.31 bits per heavy atom. The number of nitrogens with one attached hydrogen (secondary N) is 3. The van der Waals surface area contributed by atoms with Gasteiger partial charge in [0, 0.05) is 11.9 Å². The number of aromatic nitrogens is 1. The third-order valence-corrected chi connectivity index (χ3v) is 7.86. The number of carbonyl (C=O) groups excluding carboxylic acids is 1. The maximum absolute atomic E-state index is 12.9. The van der Waals surface area contributed by atoms with Gasteiger partial charge in [0.05, 0.1) is 32.9 Å². The van der Waals surface area contributed by atoms with Crippen molar-refractivity contribution in [1.29, 1.82) is 0 Å². The molecule has 11 heteroatoms. The number of anilines is 3. The van der Waals surface area contributed by atoms with E-state index in [1.54, 1.807) is 36.4 Å². The number of rotatable bonds is 8. The van der Waals surface area contributed by atoms with Gasteiger partial charge in [-0.1, -0.05) is 29.8 Å². The molecule has 36 heavy (non-hydrogen) atoms. The molecule has 1 aromatic heterocycles. The zero-order valence-corrected chi connectivity index (χ0v) is 20.7. The molecule has 0 saturated carbocycles. The fourth-order valence-electron chi connectivity index (χ4n) is 3.24. The van der Waals surface area contributed by atoms with Crippen LogP contribution in [0.1, 0.15) is 15.9 Å². The van der Waals surface area contributed by atoms with Gasteiger partial charge in [-0.2, -0.15) is 0 Å². The molecular formula is C25H22N4O5S2. The van der Waals surface area contributed by atoms with Gasteiger partial charge in [-0.25, -0.2) is 16.8 Å². The average Bonchev–Trinajstić information content (AvgIpc) is 2.85.